The molecule has 0 spiro atoms. The van der Waals surface area contributed by atoms with Crippen molar-refractivity contribution in [2.75, 3.05) is 31.1 Å². The minimum Gasteiger partial charge on any atom is -0.388 e. The van der Waals surface area contributed by atoms with Crippen LogP contribution in [0.1, 0.15) is 37.7 Å². The lowest BCUT2D eigenvalue weighted by Gasteiger charge is -2.48. The number of β-amino-alcohol motifs (C(OH)–C–C–N with tert-alkyl or cyclic N) is 1. The number of hydrogen-bond acceptors (Lipinski definition) is 6. The SMILES string of the molecule is O=C(N[C@]1(c2ccccc2)CCN(c2ncccn2)C[C@H]1O)C12CCCN1CCC2. The van der Waals surface area contributed by atoms with Crippen LogP contribution in [0.2, 0.25) is 0 Å². The number of carbonyl (C=O) groups excluding carboxylic acids is 1. The molecule has 0 aliphatic carbocycles. The van der Waals surface area contributed by atoms with Crippen molar-refractivity contribution in [3.05, 3.63) is 54.4 Å². The van der Waals surface area contributed by atoms with Crippen LogP contribution in [0.4, 0.5) is 5.95 Å². The summed E-state index contributed by atoms with van der Waals surface area (Å²) in [5, 5.41) is 14.8. The summed E-state index contributed by atoms with van der Waals surface area (Å²) in [6, 6.07) is 11.7. The number of nitrogens with zero attached hydrogens (tertiary/aromatic N) is 4. The molecule has 5 rings (SSSR count). The summed E-state index contributed by atoms with van der Waals surface area (Å²) < 4.78 is 0. The van der Waals surface area contributed by atoms with Crippen LogP contribution in [-0.2, 0) is 10.3 Å². The van der Waals surface area contributed by atoms with E-state index in [0.29, 0.717) is 25.5 Å². The van der Waals surface area contributed by atoms with Gasteiger partial charge in [0.2, 0.25) is 11.9 Å². The van der Waals surface area contributed by atoms with Gasteiger partial charge in [-0.15, -0.1) is 0 Å². The second kappa shape index (κ2) is 7.63. The summed E-state index contributed by atoms with van der Waals surface area (Å²) in [7, 11) is 0. The van der Waals surface area contributed by atoms with E-state index >= 15 is 0 Å². The molecule has 0 saturated carbocycles. The lowest BCUT2D eigenvalue weighted by Crippen LogP contribution is -2.66. The van der Waals surface area contributed by atoms with Crippen LogP contribution in [-0.4, -0.2) is 63.7 Å². The molecule has 2 aromatic rings. The lowest BCUT2D eigenvalue weighted by atomic mass is 9.77. The maximum absolute atomic E-state index is 13.7. The van der Waals surface area contributed by atoms with Gasteiger partial charge >= 0.3 is 0 Å². The second-order valence-electron chi connectivity index (χ2n) is 8.78. The van der Waals surface area contributed by atoms with E-state index in [0.717, 1.165) is 44.3 Å². The molecule has 1 aromatic carbocycles. The summed E-state index contributed by atoms with van der Waals surface area (Å²) in [6.45, 7) is 3.02. The number of aromatic nitrogens is 2. The molecule has 3 aliphatic rings. The van der Waals surface area contributed by atoms with Crippen LogP contribution < -0.4 is 10.2 Å². The first-order chi connectivity index (χ1) is 14.6. The van der Waals surface area contributed by atoms with Gasteiger partial charge in [0.25, 0.3) is 0 Å². The molecule has 7 nitrogen and oxygen atoms in total. The van der Waals surface area contributed by atoms with Crippen LogP contribution in [0.25, 0.3) is 0 Å². The van der Waals surface area contributed by atoms with Crippen molar-refractivity contribution in [1.82, 2.24) is 20.2 Å². The molecule has 30 heavy (non-hydrogen) atoms. The van der Waals surface area contributed by atoms with Gasteiger partial charge in [0.1, 0.15) is 5.54 Å². The topological polar surface area (TPSA) is 81.6 Å². The molecule has 1 amide bonds. The van der Waals surface area contributed by atoms with E-state index in [2.05, 4.69) is 20.2 Å². The van der Waals surface area contributed by atoms with E-state index < -0.39 is 17.2 Å². The number of carbonyl (C=O) groups is 1. The summed E-state index contributed by atoms with van der Waals surface area (Å²) in [4.78, 5) is 26.7. The molecule has 1 aromatic heterocycles. The van der Waals surface area contributed by atoms with Gasteiger partial charge in [-0.2, -0.15) is 0 Å². The summed E-state index contributed by atoms with van der Waals surface area (Å²) in [5.41, 5.74) is -0.255. The van der Waals surface area contributed by atoms with E-state index in [9.17, 15) is 9.90 Å². The normalized spacial score (nSPS) is 28.3. The van der Waals surface area contributed by atoms with Gasteiger partial charge in [0.15, 0.2) is 0 Å². The van der Waals surface area contributed by atoms with Crippen LogP contribution in [0, 0.1) is 0 Å². The predicted octanol–water partition coefficient (Wildman–Crippen LogP) is 1.69. The molecule has 158 valence electrons. The van der Waals surface area contributed by atoms with Gasteiger partial charge in [-0.05, 0) is 56.8 Å². The largest absolute Gasteiger partial charge is 0.388 e. The fourth-order valence-electron chi connectivity index (χ4n) is 5.66. The minimum absolute atomic E-state index is 0.0739. The van der Waals surface area contributed by atoms with E-state index in [1.165, 1.54) is 0 Å². The number of aliphatic hydroxyl groups excluding tert-OH is 1. The number of hydrogen-bond donors (Lipinski definition) is 2. The van der Waals surface area contributed by atoms with E-state index in [-0.39, 0.29) is 5.91 Å². The molecule has 2 N–H and O–H groups in total. The molecule has 0 bridgehead atoms. The first kappa shape index (κ1) is 19.5. The van der Waals surface area contributed by atoms with Gasteiger partial charge in [-0.1, -0.05) is 30.3 Å². The Balaban J connectivity index is 1.45. The fraction of sp³-hybridized carbons (Fsp3) is 0.522. The standard InChI is InChI=1S/C23H29N5O2/c29-19-17-27(21-24-12-6-13-25-21)16-11-23(19,18-7-2-1-3-8-18)26-20(30)22-9-4-14-28(22)15-5-10-22/h1-3,6-8,12-13,19,29H,4-5,9-11,14-17H2,(H,26,30)/t19-,23+/m1/s1. The zero-order valence-electron chi connectivity index (χ0n) is 17.2. The van der Waals surface area contributed by atoms with Crippen LogP contribution in [0.5, 0.6) is 0 Å². The van der Waals surface area contributed by atoms with Crippen molar-refractivity contribution < 1.29 is 9.90 Å². The Morgan fingerprint density at radius 2 is 1.70 bits per heavy atom. The number of nitrogens with one attached hydrogen (secondary N) is 1. The molecule has 4 heterocycles. The fourth-order valence-corrected chi connectivity index (χ4v) is 5.66. The Morgan fingerprint density at radius 1 is 1.00 bits per heavy atom. The number of benzene rings is 1. The van der Waals surface area contributed by atoms with Crippen LogP contribution >= 0.6 is 0 Å². The highest BCUT2D eigenvalue weighted by Crippen LogP contribution is 2.41. The third kappa shape index (κ3) is 3.08. The molecule has 3 fully saturated rings. The molecule has 3 aliphatic heterocycles. The Labute approximate surface area is 177 Å². The zero-order chi connectivity index (χ0) is 20.6. The number of rotatable bonds is 4. The summed E-state index contributed by atoms with van der Waals surface area (Å²) >= 11 is 0. The van der Waals surface area contributed by atoms with E-state index in [1.54, 1.807) is 18.5 Å². The van der Waals surface area contributed by atoms with Crippen molar-refractivity contribution in [2.45, 2.75) is 49.3 Å². The van der Waals surface area contributed by atoms with Gasteiger partial charge in [0, 0.05) is 25.5 Å². The molecular weight excluding hydrogens is 378 g/mol. The molecular formula is C23H29N5O2. The minimum atomic E-state index is -0.810. The smallest absolute Gasteiger partial charge is 0.241 e. The highest BCUT2D eigenvalue weighted by molar-refractivity contribution is 5.88. The van der Waals surface area contributed by atoms with Crippen LogP contribution in [0.15, 0.2) is 48.8 Å². The predicted molar refractivity (Wildman–Crippen MR) is 114 cm³/mol. The lowest BCUT2D eigenvalue weighted by molar-refractivity contribution is -0.135. The Kier molecular flexibility index (Phi) is 4.95. The maximum atomic E-state index is 13.7. The number of piperidine rings is 1. The number of amides is 1. The average molecular weight is 408 g/mol. The Morgan fingerprint density at radius 3 is 2.37 bits per heavy atom. The second-order valence-corrected chi connectivity index (χ2v) is 8.78. The third-order valence-corrected chi connectivity index (χ3v) is 7.26. The highest BCUT2D eigenvalue weighted by atomic mass is 16.3. The highest BCUT2D eigenvalue weighted by Gasteiger charge is 2.54. The van der Waals surface area contributed by atoms with Gasteiger partial charge in [0.05, 0.1) is 11.6 Å². The first-order valence-corrected chi connectivity index (χ1v) is 11.0. The number of aliphatic hydroxyl groups is 1. The van der Waals surface area contributed by atoms with Crippen molar-refractivity contribution in [3.8, 4) is 0 Å². The van der Waals surface area contributed by atoms with E-state index in [1.807, 2.05) is 35.2 Å². The zero-order valence-corrected chi connectivity index (χ0v) is 17.2. The van der Waals surface area contributed by atoms with Crippen molar-refractivity contribution >= 4 is 11.9 Å². The maximum Gasteiger partial charge on any atom is 0.241 e. The van der Waals surface area contributed by atoms with Crippen molar-refractivity contribution in [1.29, 1.82) is 0 Å². The molecule has 0 radical (unpaired) electrons. The molecule has 0 unspecified atom stereocenters. The average Bonchev–Trinajstić information content (AvgIpc) is 3.38. The summed E-state index contributed by atoms with van der Waals surface area (Å²) in [5.74, 6) is 0.686. The van der Waals surface area contributed by atoms with Crippen molar-refractivity contribution in [2.24, 2.45) is 0 Å². The first-order valence-electron chi connectivity index (χ1n) is 11.0. The molecule has 3 saturated heterocycles. The number of fused-ring (bicyclic) bond motifs is 1. The van der Waals surface area contributed by atoms with E-state index in [4.69, 9.17) is 0 Å². The Bertz CT molecular complexity index is 883. The number of anilines is 1. The molecule has 2 atom stereocenters. The van der Waals surface area contributed by atoms with Gasteiger partial charge in [-0.3, -0.25) is 9.69 Å². The summed E-state index contributed by atoms with van der Waals surface area (Å²) in [6.07, 6.45) is 7.19. The monoisotopic (exact) mass is 407 g/mol. The third-order valence-electron chi connectivity index (χ3n) is 7.26. The molecule has 7 heteroatoms. The Hall–Kier alpha value is -2.51. The quantitative estimate of drug-likeness (QED) is 0.803. The van der Waals surface area contributed by atoms with Crippen LogP contribution in [0.3, 0.4) is 0 Å². The van der Waals surface area contributed by atoms with Gasteiger partial charge in [-0.25, -0.2) is 9.97 Å². The van der Waals surface area contributed by atoms with Crippen molar-refractivity contribution in [3.63, 3.8) is 0 Å². The van der Waals surface area contributed by atoms with Gasteiger partial charge < -0.3 is 15.3 Å².